The number of nitrogens with zero attached hydrogens (tertiary/aromatic N) is 1. The molecular formula is C14H21N3O. The summed E-state index contributed by atoms with van der Waals surface area (Å²) in [6.07, 6.45) is 2.95. The second-order valence-corrected chi connectivity index (χ2v) is 5.39. The topological polar surface area (TPSA) is 70.6 Å². The molecule has 0 aromatic heterocycles. The Morgan fingerprint density at radius 3 is 2.50 bits per heavy atom. The first kappa shape index (κ1) is 12.7. The smallest absolute Gasteiger partial charge is 0.139 e. The summed E-state index contributed by atoms with van der Waals surface area (Å²) in [5, 5.41) is 15.2. The molecule has 0 aliphatic heterocycles. The zero-order valence-electron chi connectivity index (χ0n) is 11.0. The van der Waals surface area contributed by atoms with E-state index in [1.165, 1.54) is 16.8 Å². The van der Waals surface area contributed by atoms with Crippen molar-refractivity contribution in [3.05, 3.63) is 29.3 Å². The van der Waals surface area contributed by atoms with Gasteiger partial charge in [0.1, 0.15) is 5.84 Å². The molecule has 0 unspecified atom stereocenters. The first-order chi connectivity index (χ1) is 8.56. The number of nitrogens with one attached hydrogen (secondary N) is 1. The molecule has 18 heavy (non-hydrogen) atoms. The number of hydrogen-bond acceptors (Lipinski definition) is 3. The standard InChI is InChI=1S/C14H21N3O/c1-10-4-3-5-11(2)13(10)16-9-14(6-7-14)8-12(15)17-18/h3-5,16,18H,6-9H2,1-2H3,(H2,15,17). The highest BCUT2D eigenvalue weighted by molar-refractivity contribution is 5.80. The van der Waals surface area contributed by atoms with E-state index in [0.717, 1.165) is 19.4 Å². The lowest BCUT2D eigenvalue weighted by Crippen LogP contribution is -2.24. The first-order valence-corrected chi connectivity index (χ1v) is 6.33. The predicted octanol–water partition coefficient (Wildman–Crippen LogP) is 2.63. The minimum absolute atomic E-state index is 0.186. The maximum absolute atomic E-state index is 8.64. The average molecular weight is 247 g/mol. The van der Waals surface area contributed by atoms with Gasteiger partial charge in [0.15, 0.2) is 0 Å². The van der Waals surface area contributed by atoms with Crippen LogP contribution in [0.5, 0.6) is 0 Å². The molecule has 4 heteroatoms. The fourth-order valence-electron chi connectivity index (χ4n) is 2.38. The van der Waals surface area contributed by atoms with Gasteiger partial charge in [0, 0.05) is 18.7 Å². The Balaban J connectivity index is 2.00. The van der Waals surface area contributed by atoms with Gasteiger partial charge in [0.05, 0.1) is 0 Å². The zero-order chi connectivity index (χ0) is 13.2. The summed E-state index contributed by atoms with van der Waals surface area (Å²) in [5.74, 6) is 0.329. The van der Waals surface area contributed by atoms with Crippen LogP contribution in [0.4, 0.5) is 5.69 Å². The van der Waals surface area contributed by atoms with E-state index in [2.05, 4.69) is 42.5 Å². The van der Waals surface area contributed by atoms with Gasteiger partial charge < -0.3 is 16.3 Å². The van der Waals surface area contributed by atoms with Crippen molar-refractivity contribution in [1.29, 1.82) is 0 Å². The third-order valence-corrected chi connectivity index (χ3v) is 3.76. The summed E-state index contributed by atoms with van der Waals surface area (Å²) >= 11 is 0. The van der Waals surface area contributed by atoms with Crippen LogP contribution >= 0.6 is 0 Å². The van der Waals surface area contributed by atoms with Gasteiger partial charge in [-0.15, -0.1) is 0 Å². The van der Waals surface area contributed by atoms with Crippen molar-refractivity contribution in [2.24, 2.45) is 16.3 Å². The van der Waals surface area contributed by atoms with Crippen molar-refractivity contribution in [1.82, 2.24) is 0 Å². The predicted molar refractivity (Wildman–Crippen MR) is 74.1 cm³/mol. The zero-order valence-corrected chi connectivity index (χ0v) is 11.0. The highest BCUT2D eigenvalue weighted by Gasteiger charge is 2.43. The molecule has 0 heterocycles. The summed E-state index contributed by atoms with van der Waals surface area (Å²) < 4.78 is 0. The van der Waals surface area contributed by atoms with E-state index in [-0.39, 0.29) is 5.41 Å². The van der Waals surface area contributed by atoms with Crippen molar-refractivity contribution in [2.45, 2.75) is 33.1 Å². The second kappa shape index (κ2) is 4.88. The molecule has 0 amide bonds. The van der Waals surface area contributed by atoms with Crippen LogP contribution in [0.15, 0.2) is 23.4 Å². The monoisotopic (exact) mass is 247 g/mol. The van der Waals surface area contributed by atoms with Crippen LogP contribution in [0.1, 0.15) is 30.4 Å². The van der Waals surface area contributed by atoms with Crippen molar-refractivity contribution in [2.75, 3.05) is 11.9 Å². The SMILES string of the molecule is Cc1cccc(C)c1NCC1(CC(N)=NO)CC1. The Morgan fingerprint density at radius 2 is 2.00 bits per heavy atom. The summed E-state index contributed by atoms with van der Waals surface area (Å²) in [5.41, 5.74) is 9.51. The van der Waals surface area contributed by atoms with E-state index < -0.39 is 0 Å². The number of amidine groups is 1. The van der Waals surface area contributed by atoms with Crippen LogP contribution in [0.3, 0.4) is 0 Å². The maximum Gasteiger partial charge on any atom is 0.139 e. The van der Waals surface area contributed by atoms with Gasteiger partial charge in [-0.1, -0.05) is 23.4 Å². The van der Waals surface area contributed by atoms with E-state index in [1.807, 2.05) is 0 Å². The number of rotatable bonds is 5. The lowest BCUT2D eigenvalue weighted by molar-refractivity contribution is 0.315. The van der Waals surface area contributed by atoms with Crippen molar-refractivity contribution < 1.29 is 5.21 Å². The quantitative estimate of drug-likeness (QED) is 0.324. The molecule has 1 saturated carbocycles. The van der Waals surface area contributed by atoms with Crippen molar-refractivity contribution in [3.8, 4) is 0 Å². The Bertz CT molecular complexity index is 444. The fraction of sp³-hybridized carbons (Fsp3) is 0.500. The molecule has 1 aromatic rings. The minimum atomic E-state index is 0.186. The second-order valence-electron chi connectivity index (χ2n) is 5.39. The molecule has 4 N–H and O–H groups in total. The summed E-state index contributed by atoms with van der Waals surface area (Å²) in [4.78, 5) is 0. The van der Waals surface area contributed by atoms with E-state index >= 15 is 0 Å². The number of para-hydroxylation sites is 1. The maximum atomic E-state index is 8.64. The number of oxime groups is 1. The normalized spacial score (nSPS) is 17.6. The number of benzene rings is 1. The molecular weight excluding hydrogens is 226 g/mol. The summed E-state index contributed by atoms with van der Waals surface area (Å²) in [6.45, 7) is 5.10. The molecule has 0 radical (unpaired) electrons. The Labute approximate surface area is 108 Å². The van der Waals surface area contributed by atoms with Crippen LogP contribution in [-0.2, 0) is 0 Å². The van der Waals surface area contributed by atoms with Gasteiger partial charge in [0.25, 0.3) is 0 Å². The third-order valence-electron chi connectivity index (χ3n) is 3.76. The first-order valence-electron chi connectivity index (χ1n) is 6.33. The number of anilines is 1. The fourth-order valence-corrected chi connectivity index (χ4v) is 2.38. The van der Waals surface area contributed by atoms with Gasteiger partial charge in [-0.2, -0.15) is 0 Å². The average Bonchev–Trinajstić information content (AvgIpc) is 3.08. The van der Waals surface area contributed by atoms with E-state index in [1.54, 1.807) is 0 Å². The molecule has 4 nitrogen and oxygen atoms in total. The number of nitrogens with two attached hydrogens (primary N) is 1. The highest BCUT2D eigenvalue weighted by Crippen LogP contribution is 2.48. The van der Waals surface area contributed by atoms with Crippen LogP contribution in [-0.4, -0.2) is 17.6 Å². The van der Waals surface area contributed by atoms with Gasteiger partial charge >= 0.3 is 0 Å². The molecule has 98 valence electrons. The van der Waals surface area contributed by atoms with E-state index in [4.69, 9.17) is 10.9 Å². The van der Waals surface area contributed by atoms with Crippen molar-refractivity contribution >= 4 is 11.5 Å². The largest absolute Gasteiger partial charge is 0.409 e. The lowest BCUT2D eigenvalue weighted by Gasteiger charge is -2.18. The summed E-state index contributed by atoms with van der Waals surface area (Å²) in [7, 11) is 0. The number of hydrogen-bond donors (Lipinski definition) is 3. The Kier molecular flexibility index (Phi) is 3.45. The van der Waals surface area contributed by atoms with Gasteiger partial charge in [-0.05, 0) is 43.2 Å². The van der Waals surface area contributed by atoms with Crippen LogP contribution in [0.25, 0.3) is 0 Å². The lowest BCUT2D eigenvalue weighted by atomic mass is 10.0. The van der Waals surface area contributed by atoms with Gasteiger partial charge in [-0.25, -0.2) is 0 Å². The molecule has 0 saturated heterocycles. The third kappa shape index (κ3) is 2.75. The van der Waals surface area contributed by atoms with E-state index in [9.17, 15) is 0 Å². The minimum Gasteiger partial charge on any atom is -0.409 e. The molecule has 1 fully saturated rings. The molecule has 1 aromatic carbocycles. The highest BCUT2D eigenvalue weighted by atomic mass is 16.4. The molecule has 1 aliphatic rings. The van der Waals surface area contributed by atoms with Crippen LogP contribution < -0.4 is 11.1 Å². The van der Waals surface area contributed by atoms with E-state index in [0.29, 0.717) is 12.3 Å². The Morgan fingerprint density at radius 1 is 1.39 bits per heavy atom. The van der Waals surface area contributed by atoms with Crippen LogP contribution in [0.2, 0.25) is 0 Å². The molecule has 1 aliphatic carbocycles. The van der Waals surface area contributed by atoms with Gasteiger partial charge in [-0.3, -0.25) is 0 Å². The van der Waals surface area contributed by atoms with Gasteiger partial charge in [0.2, 0.25) is 0 Å². The Hall–Kier alpha value is -1.71. The molecule has 2 rings (SSSR count). The molecule has 0 atom stereocenters. The van der Waals surface area contributed by atoms with Crippen molar-refractivity contribution in [3.63, 3.8) is 0 Å². The summed E-state index contributed by atoms with van der Waals surface area (Å²) in [6, 6.07) is 6.29. The van der Waals surface area contributed by atoms with Crippen LogP contribution in [0, 0.1) is 19.3 Å². The number of aryl methyl sites for hydroxylation is 2. The molecule has 0 spiro atoms. The molecule has 0 bridgehead atoms.